The predicted molar refractivity (Wildman–Crippen MR) is 327 cm³/mol. The molecular formula is C66H114N2O7P+. The molecule has 1 amide bonds. The third-order valence-electron chi connectivity index (χ3n) is 12.7. The second-order valence-corrected chi connectivity index (χ2v) is 22.6. The van der Waals surface area contributed by atoms with Crippen LogP contribution >= 0.6 is 7.82 Å². The quantitative estimate of drug-likeness (QED) is 0.0156. The number of carbonyl (C=O) groups is 2. The third-order valence-corrected chi connectivity index (χ3v) is 13.7. The Balaban J connectivity index is 5.33. The van der Waals surface area contributed by atoms with Gasteiger partial charge in [-0.05, 0) is 102 Å². The number of amides is 1. The number of unbranched alkanes of at least 4 members (excludes halogenated alkanes) is 21. The van der Waals surface area contributed by atoms with Crippen LogP contribution in [0.25, 0.3) is 0 Å². The van der Waals surface area contributed by atoms with Crippen molar-refractivity contribution in [2.75, 3.05) is 40.9 Å². The summed E-state index contributed by atoms with van der Waals surface area (Å²) < 4.78 is 30.6. The first-order valence-electron chi connectivity index (χ1n) is 30.4. The molecule has 0 aromatic rings. The van der Waals surface area contributed by atoms with Crippen molar-refractivity contribution in [3.63, 3.8) is 0 Å². The van der Waals surface area contributed by atoms with Gasteiger partial charge in [0.2, 0.25) is 5.91 Å². The average Bonchev–Trinajstić information content (AvgIpc) is 3.38. The minimum atomic E-state index is -4.46. The van der Waals surface area contributed by atoms with E-state index in [2.05, 4.69) is 135 Å². The number of hydrogen-bond acceptors (Lipinski definition) is 6. The molecular weight excluding hydrogens is 964 g/mol. The van der Waals surface area contributed by atoms with Gasteiger partial charge in [0.05, 0.1) is 33.8 Å². The highest BCUT2D eigenvalue weighted by atomic mass is 31.2. The van der Waals surface area contributed by atoms with E-state index in [1.54, 1.807) is 0 Å². The minimum Gasteiger partial charge on any atom is -0.456 e. The molecule has 3 atom stereocenters. The summed E-state index contributed by atoms with van der Waals surface area (Å²) >= 11 is 0. The molecule has 0 bridgehead atoms. The Hall–Kier alpha value is -3.59. The molecule has 0 aliphatic heterocycles. The average molecular weight is 1080 g/mol. The minimum absolute atomic E-state index is 0.0265. The zero-order valence-electron chi connectivity index (χ0n) is 49.4. The number of nitrogens with zero attached hydrogens (tertiary/aromatic N) is 1. The van der Waals surface area contributed by atoms with Crippen LogP contribution in [0.5, 0.6) is 0 Å². The molecule has 0 aliphatic carbocycles. The van der Waals surface area contributed by atoms with Crippen molar-refractivity contribution < 1.29 is 37.3 Å². The fraction of sp³-hybridized carbons (Fsp3) is 0.667. The summed E-state index contributed by atoms with van der Waals surface area (Å²) in [5, 5.41) is 3.04. The van der Waals surface area contributed by atoms with Gasteiger partial charge in [-0.2, -0.15) is 0 Å². The summed E-state index contributed by atoms with van der Waals surface area (Å²) in [6, 6.07) is -0.873. The highest BCUT2D eigenvalue weighted by Crippen LogP contribution is 2.43. The predicted octanol–water partition coefficient (Wildman–Crippen LogP) is 18.7. The van der Waals surface area contributed by atoms with Crippen molar-refractivity contribution >= 4 is 19.7 Å². The monoisotopic (exact) mass is 1080 g/mol. The topological polar surface area (TPSA) is 111 Å². The summed E-state index contributed by atoms with van der Waals surface area (Å²) in [5.41, 5.74) is 0. The van der Waals surface area contributed by atoms with Crippen molar-refractivity contribution in [1.29, 1.82) is 0 Å². The molecule has 0 heterocycles. The molecule has 9 nitrogen and oxygen atoms in total. The summed E-state index contributed by atoms with van der Waals surface area (Å²) in [5.74, 6) is -0.557. The lowest BCUT2D eigenvalue weighted by Gasteiger charge is -2.27. The van der Waals surface area contributed by atoms with Gasteiger partial charge in [-0.3, -0.25) is 18.6 Å². The van der Waals surface area contributed by atoms with Gasteiger partial charge < -0.3 is 19.4 Å². The van der Waals surface area contributed by atoms with Crippen LogP contribution in [0.1, 0.15) is 233 Å². The molecule has 2 N–H and O–H groups in total. The van der Waals surface area contributed by atoms with E-state index in [4.69, 9.17) is 13.8 Å². The van der Waals surface area contributed by atoms with Crippen molar-refractivity contribution in [1.82, 2.24) is 5.32 Å². The van der Waals surface area contributed by atoms with Crippen LogP contribution in [0.2, 0.25) is 0 Å². The van der Waals surface area contributed by atoms with Gasteiger partial charge in [0.1, 0.15) is 19.3 Å². The third kappa shape index (κ3) is 55.2. The van der Waals surface area contributed by atoms with Crippen LogP contribution in [0.3, 0.4) is 0 Å². The maximum Gasteiger partial charge on any atom is 0.472 e. The Morgan fingerprint density at radius 2 is 0.908 bits per heavy atom. The number of allylic oxidation sites excluding steroid dienone is 19. The number of quaternary nitrogens is 1. The number of phosphoric acid groups is 1. The molecule has 0 rings (SSSR count). The normalized spacial score (nSPS) is 14.6. The van der Waals surface area contributed by atoms with Gasteiger partial charge in [0, 0.05) is 12.8 Å². The first-order valence-corrected chi connectivity index (χ1v) is 31.9. The molecule has 10 heteroatoms. The summed E-state index contributed by atoms with van der Waals surface area (Å²) in [6.45, 7) is 6.72. The van der Waals surface area contributed by atoms with Crippen molar-refractivity contribution in [2.45, 2.75) is 245 Å². The zero-order chi connectivity index (χ0) is 55.7. The lowest BCUT2D eigenvalue weighted by molar-refractivity contribution is -0.870. The highest BCUT2D eigenvalue weighted by molar-refractivity contribution is 7.47. The smallest absolute Gasteiger partial charge is 0.456 e. The fourth-order valence-corrected chi connectivity index (χ4v) is 8.80. The molecule has 0 aliphatic rings. The summed E-state index contributed by atoms with van der Waals surface area (Å²) in [7, 11) is 1.45. The molecule has 3 unspecified atom stereocenters. The van der Waals surface area contributed by atoms with Gasteiger partial charge in [0.25, 0.3) is 0 Å². The molecule has 76 heavy (non-hydrogen) atoms. The van der Waals surface area contributed by atoms with E-state index in [9.17, 15) is 19.0 Å². The van der Waals surface area contributed by atoms with Crippen molar-refractivity contribution in [3.8, 4) is 0 Å². The second-order valence-electron chi connectivity index (χ2n) is 21.2. The van der Waals surface area contributed by atoms with E-state index < -0.39 is 20.0 Å². The molecule has 434 valence electrons. The number of phosphoric ester groups is 1. The Bertz CT molecular complexity index is 1720. The van der Waals surface area contributed by atoms with E-state index in [0.717, 1.165) is 122 Å². The Labute approximate surface area is 467 Å². The number of hydrogen-bond donors (Lipinski definition) is 2. The van der Waals surface area contributed by atoms with Crippen LogP contribution < -0.4 is 5.32 Å². The van der Waals surface area contributed by atoms with Crippen LogP contribution in [-0.4, -0.2) is 74.3 Å². The van der Waals surface area contributed by atoms with Gasteiger partial charge in [-0.15, -0.1) is 0 Å². The number of carbonyl (C=O) groups excluding carboxylic acids is 2. The van der Waals surface area contributed by atoms with Crippen LogP contribution in [0.15, 0.2) is 122 Å². The lowest BCUT2D eigenvalue weighted by Crippen LogP contribution is -2.47. The number of likely N-dealkylation sites (N-methyl/N-ethyl adjacent to an activating group) is 1. The van der Waals surface area contributed by atoms with Crippen LogP contribution in [-0.2, 0) is 27.9 Å². The van der Waals surface area contributed by atoms with Gasteiger partial charge in [0.15, 0.2) is 0 Å². The maximum absolute atomic E-state index is 13.5. The summed E-state index contributed by atoms with van der Waals surface area (Å²) in [6.07, 6.45) is 76.2. The van der Waals surface area contributed by atoms with E-state index in [-0.39, 0.29) is 31.5 Å². The number of nitrogens with one attached hydrogen (secondary N) is 1. The lowest BCUT2D eigenvalue weighted by atomic mass is 10.0. The largest absolute Gasteiger partial charge is 0.472 e. The number of rotatable bonds is 53. The Morgan fingerprint density at radius 3 is 1.41 bits per heavy atom. The van der Waals surface area contributed by atoms with E-state index in [1.807, 2.05) is 33.3 Å². The fourth-order valence-electron chi connectivity index (χ4n) is 8.06. The zero-order valence-corrected chi connectivity index (χ0v) is 50.3. The number of ether oxygens (including phenoxy) is 1. The van der Waals surface area contributed by atoms with Gasteiger partial charge in [-0.25, -0.2) is 4.57 Å². The molecule has 0 aromatic heterocycles. The number of esters is 1. The second kappa shape index (κ2) is 54.8. The molecule has 0 saturated carbocycles. The van der Waals surface area contributed by atoms with Crippen molar-refractivity contribution in [3.05, 3.63) is 122 Å². The Kier molecular flexibility index (Phi) is 52.2. The first-order chi connectivity index (χ1) is 36.9. The van der Waals surface area contributed by atoms with Crippen LogP contribution in [0, 0.1) is 0 Å². The van der Waals surface area contributed by atoms with E-state index in [1.165, 1.54) is 70.6 Å². The van der Waals surface area contributed by atoms with E-state index in [0.29, 0.717) is 23.9 Å². The van der Waals surface area contributed by atoms with E-state index >= 15 is 0 Å². The SMILES string of the molecule is CC/C=C\C/C=C\C/C=C\C/C=C\C/C=C\C/C=C\CCCCCCC(=O)OC(/C=C\CCCCCCCCCCCC)C(COP(=O)(O)OCC[N+](C)(C)C)NC(=O)CCCCCCCCC/C=C/C=C/C=C/CC. The van der Waals surface area contributed by atoms with Gasteiger partial charge in [-0.1, -0.05) is 239 Å². The van der Waals surface area contributed by atoms with Gasteiger partial charge >= 0.3 is 13.8 Å². The highest BCUT2D eigenvalue weighted by Gasteiger charge is 2.30. The molecule has 0 fully saturated rings. The molecule has 0 spiro atoms. The van der Waals surface area contributed by atoms with Crippen LogP contribution in [0.4, 0.5) is 0 Å². The molecule has 0 aromatic carbocycles. The standard InChI is InChI=1S/C66H113N2O7P/c1-7-10-13-16-19-22-25-28-30-31-32-33-34-35-36-37-39-41-44-47-50-53-56-59-66(70)75-64(57-54-51-48-45-42-27-24-21-18-15-12-9-3)63(62-74-76(71,72)73-61-60-68(4,5)6)67-65(69)58-55-52-49-46-43-40-38-29-26-23-20-17-14-11-8-2/h10-11,13-14,17,19-20,22-23,26,28,30,32-33,35-36,39,41,54,57,63-64H,7-9,12,15-16,18,21,24-25,27,29,31,34,37-38,40,42-53,55-56,58-62H2,1-6H3,(H-,67,69,71,72)/p+1/b13-10-,14-11+,20-17+,22-19-,26-23+,30-28-,33-32-,36-35-,41-39-,57-54-. The van der Waals surface area contributed by atoms with Crippen molar-refractivity contribution in [2.24, 2.45) is 0 Å². The maximum atomic E-state index is 13.5. The molecule has 0 saturated heterocycles. The first kappa shape index (κ1) is 72.4. The summed E-state index contributed by atoms with van der Waals surface area (Å²) in [4.78, 5) is 37.7. The Morgan fingerprint density at radius 1 is 0.487 bits per heavy atom. The molecule has 0 radical (unpaired) electrons.